The highest BCUT2D eigenvalue weighted by Gasteiger charge is 2.34. The van der Waals surface area contributed by atoms with Crippen LogP contribution in [-0.2, 0) is 6.54 Å². The van der Waals surface area contributed by atoms with Crippen molar-refractivity contribution in [1.29, 1.82) is 0 Å². The van der Waals surface area contributed by atoms with Gasteiger partial charge in [-0.2, -0.15) is 0 Å². The Morgan fingerprint density at radius 1 is 1.21 bits per heavy atom. The minimum atomic E-state index is -0.810. The van der Waals surface area contributed by atoms with Crippen molar-refractivity contribution < 1.29 is 14.6 Å². The summed E-state index contributed by atoms with van der Waals surface area (Å²) >= 11 is 3.53. The van der Waals surface area contributed by atoms with Crippen LogP contribution in [0.15, 0.2) is 16.6 Å². The molecule has 4 nitrogen and oxygen atoms in total. The molecule has 0 saturated heterocycles. The number of hydrogen-bond acceptors (Lipinski definition) is 4. The minimum Gasteiger partial charge on any atom is -0.454 e. The zero-order valence-corrected chi connectivity index (χ0v) is 13.3. The smallest absolute Gasteiger partial charge is 0.231 e. The quantitative estimate of drug-likeness (QED) is 0.891. The molecular formula is C14H20BrNO3. The molecule has 0 radical (unpaired) electrons. The van der Waals surface area contributed by atoms with Gasteiger partial charge in [-0.15, -0.1) is 0 Å². The van der Waals surface area contributed by atoms with Crippen molar-refractivity contribution in [2.24, 2.45) is 0 Å². The van der Waals surface area contributed by atoms with Crippen LogP contribution in [0.3, 0.4) is 0 Å². The summed E-state index contributed by atoms with van der Waals surface area (Å²) in [7, 11) is 0. The Bertz CT molecular complexity index is 480. The molecule has 2 N–H and O–H groups in total. The molecule has 2 rings (SSSR count). The van der Waals surface area contributed by atoms with Crippen molar-refractivity contribution in [3.63, 3.8) is 0 Å². The number of halogens is 1. The normalized spacial score (nSPS) is 14.8. The van der Waals surface area contributed by atoms with Crippen molar-refractivity contribution in [2.45, 2.75) is 45.4 Å². The standard InChI is InChI=1S/C14H20BrNO3/c1-13(2,14(3,4)17)16-7-9-5-11-12(6-10(9)15)19-8-18-11/h5-6,16-17H,7-8H2,1-4H3. The topological polar surface area (TPSA) is 50.7 Å². The highest BCUT2D eigenvalue weighted by molar-refractivity contribution is 9.10. The van der Waals surface area contributed by atoms with E-state index < -0.39 is 11.1 Å². The highest BCUT2D eigenvalue weighted by atomic mass is 79.9. The average molecular weight is 330 g/mol. The third-order valence-corrected chi connectivity index (χ3v) is 4.53. The summed E-state index contributed by atoms with van der Waals surface area (Å²) < 4.78 is 11.7. The summed E-state index contributed by atoms with van der Waals surface area (Å²) in [5.41, 5.74) is -0.139. The first kappa shape index (κ1) is 14.6. The van der Waals surface area contributed by atoms with Gasteiger partial charge >= 0.3 is 0 Å². The fraction of sp³-hybridized carbons (Fsp3) is 0.571. The number of benzene rings is 1. The number of nitrogens with one attached hydrogen (secondary N) is 1. The summed E-state index contributed by atoms with van der Waals surface area (Å²) in [6.45, 7) is 8.47. The largest absolute Gasteiger partial charge is 0.454 e. The number of rotatable bonds is 4. The first-order chi connectivity index (χ1) is 8.71. The van der Waals surface area contributed by atoms with E-state index in [0.717, 1.165) is 21.5 Å². The Kier molecular flexibility index (Phi) is 3.82. The van der Waals surface area contributed by atoms with E-state index in [4.69, 9.17) is 9.47 Å². The van der Waals surface area contributed by atoms with Crippen LogP contribution in [0, 0.1) is 0 Å². The second kappa shape index (κ2) is 4.96. The van der Waals surface area contributed by atoms with Crippen LogP contribution in [0.5, 0.6) is 11.5 Å². The van der Waals surface area contributed by atoms with E-state index in [-0.39, 0.29) is 6.79 Å². The molecule has 1 aliphatic rings. The molecular weight excluding hydrogens is 310 g/mol. The van der Waals surface area contributed by atoms with Crippen molar-refractivity contribution in [2.75, 3.05) is 6.79 Å². The number of fused-ring (bicyclic) bond motifs is 1. The van der Waals surface area contributed by atoms with Crippen molar-refractivity contribution in [1.82, 2.24) is 5.32 Å². The van der Waals surface area contributed by atoms with E-state index in [2.05, 4.69) is 21.2 Å². The summed E-state index contributed by atoms with van der Waals surface area (Å²) in [5, 5.41) is 13.5. The maximum absolute atomic E-state index is 10.1. The molecule has 0 spiro atoms. The molecule has 0 fully saturated rings. The van der Waals surface area contributed by atoms with E-state index in [1.54, 1.807) is 13.8 Å². The fourth-order valence-corrected chi connectivity index (χ4v) is 2.09. The minimum absolute atomic E-state index is 0.272. The molecule has 1 aliphatic heterocycles. The summed E-state index contributed by atoms with van der Waals surface area (Å²) in [6.07, 6.45) is 0. The SMILES string of the molecule is CC(C)(O)C(C)(C)NCc1cc2c(cc1Br)OCO2. The predicted molar refractivity (Wildman–Crippen MR) is 77.5 cm³/mol. The lowest BCUT2D eigenvalue weighted by Gasteiger charge is -2.38. The van der Waals surface area contributed by atoms with E-state index in [1.165, 1.54) is 0 Å². The summed E-state index contributed by atoms with van der Waals surface area (Å²) in [5.74, 6) is 1.53. The molecule has 1 aromatic rings. The van der Waals surface area contributed by atoms with Gasteiger partial charge < -0.3 is 19.9 Å². The van der Waals surface area contributed by atoms with Crippen LogP contribution < -0.4 is 14.8 Å². The van der Waals surface area contributed by atoms with Gasteiger partial charge in [0.2, 0.25) is 6.79 Å². The molecule has 0 aliphatic carbocycles. The molecule has 5 heteroatoms. The Labute approximate surface area is 122 Å². The number of ether oxygens (including phenoxy) is 2. The summed E-state index contributed by atoms with van der Waals surface area (Å²) in [6, 6.07) is 3.87. The van der Waals surface area contributed by atoms with E-state index >= 15 is 0 Å². The maximum Gasteiger partial charge on any atom is 0.231 e. The van der Waals surface area contributed by atoms with Crippen molar-refractivity contribution in [3.05, 3.63) is 22.2 Å². The van der Waals surface area contributed by atoms with Gasteiger partial charge in [0.1, 0.15) is 0 Å². The van der Waals surface area contributed by atoms with Crippen molar-refractivity contribution in [3.8, 4) is 11.5 Å². The molecule has 1 heterocycles. The zero-order valence-electron chi connectivity index (χ0n) is 11.7. The Hall–Kier alpha value is -0.780. The van der Waals surface area contributed by atoms with Crippen LogP contribution in [0.2, 0.25) is 0 Å². The Balaban J connectivity index is 2.13. The first-order valence-electron chi connectivity index (χ1n) is 6.26. The van der Waals surface area contributed by atoms with Gasteiger partial charge in [0.05, 0.1) is 5.60 Å². The molecule has 0 aromatic heterocycles. The lowest BCUT2D eigenvalue weighted by atomic mass is 9.86. The fourth-order valence-electron chi connectivity index (χ4n) is 1.63. The molecule has 0 saturated carbocycles. The lowest BCUT2D eigenvalue weighted by Crippen LogP contribution is -2.55. The Morgan fingerprint density at radius 2 is 1.79 bits per heavy atom. The van der Waals surface area contributed by atoms with Crippen LogP contribution in [0.1, 0.15) is 33.3 Å². The number of hydrogen-bond donors (Lipinski definition) is 2. The molecule has 0 atom stereocenters. The van der Waals surface area contributed by atoms with Gasteiger partial charge in [0, 0.05) is 16.6 Å². The average Bonchev–Trinajstić information content (AvgIpc) is 2.71. The van der Waals surface area contributed by atoms with E-state index in [1.807, 2.05) is 26.0 Å². The van der Waals surface area contributed by atoms with Crippen LogP contribution in [-0.4, -0.2) is 23.0 Å². The monoisotopic (exact) mass is 329 g/mol. The van der Waals surface area contributed by atoms with Gasteiger partial charge in [0.15, 0.2) is 11.5 Å². The van der Waals surface area contributed by atoms with E-state index in [0.29, 0.717) is 6.54 Å². The third kappa shape index (κ3) is 3.04. The molecule has 19 heavy (non-hydrogen) atoms. The lowest BCUT2D eigenvalue weighted by molar-refractivity contribution is -0.00534. The number of aliphatic hydroxyl groups is 1. The molecule has 0 amide bonds. The molecule has 0 bridgehead atoms. The molecule has 1 aromatic carbocycles. The van der Waals surface area contributed by atoms with Gasteiger partial charge in [-0.1, -0.05) is 15.9 Å². The van der Waals surface area contributed by atoms with Crippen LogP contribution in [0.25, 0.3) is 0 Å². The van der Waals surface area contributed by atoms with Gasteiger partial charge in [-0.05, 0) is 45.4 Å². The van der Waals surface area contributed by atoms with Gasteiger partial charge in [-0.3, -0.25) is 0 Å². The van der Waals surface area contributed by atoms with Crippen LogP contribution >= 0.6 is 15.9 Å². The summed E-state index contributed by atoms with van der Waals surface area (Å²) in [4.78, 5) is 0. The van der Waals surface area contributed by atoms with E-state index in [9.17, 15) is 5.11 Å². The Morgan fingerprint density at radius 3 is 2.37 bits per heavy atom. The van der Waals surface area contributed by atoms with Gasteiger partial charge in [0.25, 0.3) is 0 Å². The van der Waals surface area contributed by atoms with Crippen LogP contribution in [0.4, 0.5) is 0 Å². The maximum atomic E-state index is 10.1. The van der Waals surface area contributed by atoms with Gasteiger partial charge in [-0.25, -0.2) is 0 Å². The third-order valence-electron chi connectivity index (χ3n) is 3.79. The second-order valence-corrected chi connectivity index (χ2v) is 6.69. The molecule has 106 valence electrons. The highest BCUT2D eigenvalue weighted by Crippen LogP contribution is 2.37. The zero-order chi connectivity index (χ0) is 14.3. The predicted octanol–water partition coefficient (Wildman–Crippen LogP) is 2.82. The second-order valence-electron chi connectivity index (χ2n) is 5.83. The first-order valence-corrected chi connectivity index (χ1v) is 7.05. The molecule has 0 unspecified atom stereocenters. The van der Waals surface area contributed by atoms with Crippen molar-refractivity contribution >= 4 is 15.9 Å².